The summed E-state index contributed by atoms with van der Waals surface area (Å²) in [5.74, 6) is -2.14. The highest BCUT2D eigenvalue weighted by Gasteiger charge is 2.50. The van der Waals surface area contributed by atoms with Crippen LogP contribution in [0.2, 0.25) is 0 Å². The molecule has 1 aliphatic carbocycles. The Balaban J connectivity index is 3.05. The van der Waals surface area contributed by atoms with Crippen LogP contribution in [0.15, 0.2) is 0 Å². The molecule has 0 spiro atoms. The lowest BCUT2D eigenvalue weighted by Gasteiger charge is -2.32. The molecule has 0 heterocycles. The fourth-order valence-electron chi connectivity index (χ4n) is 3.00. The Kier molecular flexibility index (Phi) is 8.58. The Bertz CT molecular complexity index is 483. The summed E-state index contributed by atoms with van der Waals surface area (Å²) in [6.45, 7) is 8.50. The molecule has 0 amide bonds. The van der Waals surface area contributed by atoms with E-state index in [1.807, 2.05) is 13.8 Å². The zero-order valence-electron chi connectivity index (χ0n) is 16.3. The second-order valence-corrected chi connectivity index (χ2v) is 10.5. The second kappa shape index (κ2) is 9.53. The van der Waals surface area contributed by atoms with Gasteiger partial charge in [-0.3, -0.25) is 4.79 Å². The SMILES string of the molecule is CC(C)COC(=O)[C@H](CC1CCCC1)[C@@H](N[S@](=O)C(C)(C)C)C(F)(F)F. The minimum Gasteiger partial charge on any atom is -0.465 e. The van der Waals surface area contributed by atoms with Gasteiger partial charge in [-0.25, -0.2) is 8.93 Å². The minimum atomic E-state index is -4.69. The van der Waals surface area contributed by atoms with Crippen LogP contribution in [0.3, 0.4) is 0 Å². The molecule has 0 aromatic carbocycles. The summed E-state index contributed by atoms with van der Waals surface area (Å²) in [6, 6.07) is -2.18. The Labute approximate surface area is 157 Å². The molecular weight excluding hydrogens is 367 g/mol. The molecule has 154 valence electrons. The smallest absolute Gasteiger partial charge is 0.405 e. The maximum Gasteiger partial charge on any atom is 0.405 e. The van der Waals surface area contributed by atoms with E-state index in [1.54, 1.807) is 20.8 Å². The van der Waals surface area contributed by atoms with Crippen LogP contribution in [-0.4, -0.2) is 33.8 Å². The topological polar surface area (TPSA) is 55.4 Å². The molecule has 1 aliphatic rings. The van der Waals surface area contributed by atoms with E-state index in [9.17, 15) is 22.2 Å². The van der Waals surface area contributed by atoms with Crippen molar-refractivity contribution >= 4 is 17.0 Å². The Morgan fingerprint density at radius 3 is 2.15 bits per heavy atom. The molecule has 3 atom stereocenters. The summed E-state index contributed by atoms with van der Waals surface area (Å²) in [4.78, 5) is 12.5. The Morgan fingerprint density at radius 1 is 1.19 bits per heavy atom. The van der Waals surface area contributed by atoms with Crippen LogP contribution in [0.5, 0.6) is 0 Å². The summed E-state index contributed by atoms with van der Waals surface area (Å²) in [5, 5.41) is 0. The standard InChI is InChI=1S/C18H32F3NO3S/c1-12(2)11-25-16(23)14(10-13-8-6-7-9-13)15(18(19,20)21)22-26(24)17(3,4)5/h12-15,22H,6-11H2,1-5H3/t14-,15-,26-/m1/s1. The first kappa shape index (κ1) is 23.4. The third-order valence-corrected chi connectivity index (χ3v) is 6.05. The summed E-state index contributed by atoms with van der Waals surface area (Å²) in [7, 11) is -1.94. The molecule has 1 saturated carbocycles. The van der Waals surface area contributed by atoms with E-state index in [2.05, 4.69) is 4.72 Å². The molecule has 1 fully saturated rings. The lowest BCUT2D eigenvalue weighted by Crippen LogP contribution is -2.54. The molecule has 1 rings (SSSR count). The average Bonchev–Trinajstić information content (AvgIpc) is 2.98. The van der Waals surface area contributed by atoms with E-state index in [-0.39, 0.29) is 24.9 Å². The number of hydrogen-bond acceptors (Lipinski definition) is 3. The summed E-state index contributed by atoms with van der Waals surface area (Å²) in [5.41, 5.74) is 0. The molecule has 1 N–H and O–H groups in total. The molecule has 0 bridgehead atoms. The van der Waals surface area contributed by atoms with Crippen LogP contribution in [0.4, 0.5) is 13.2 Å². The van der Waals surface area contributed by atoms with Gasteiger partial charge in [-0.15, -0.1) is 0 Å². The van der Waals surface area contributed by atoms with Gasteiger partial charge in [-0.2, -0.15) is 13.2 Å². The Morgan fingerprint density at radius 2 is 1.73 bits per heavy atom. The van der Waals surface area contributed by atoms with E-state index in [0.717, 1.165) is 25.7 Å². The zero-order valence-corrected chi connectivity index (χ0v) is 17.1. The minimum absolute atomic E-state index is 0.0343. The van der Waals surface area contributed by atoms with Crippen molar-refractivity contribution in [3.05, 3.63) is 0 Å². The maximum atomic E-state index is 13.7. The third-order valence-electron chi connectivity index (χ3n) is 4.47. The molecule has 0 unspecified atom stereocenters. The van der Waals surface area contributed by atoms with E-state index >= 15 is 0 Å². The largest absolute Gasteiger partial charge is 0.465 e. The number of hydrogen-bond donors (Lipinski definition) is 1. The van der Waals surface area contributed by atoms with Crippen LogP contribution in [0.25, 0.3) is 0 Å². The van der Waals surface area contributed by atoms with Crippen LogP contribution in [0.1, 0.15) is 66.7 Å². The van der Waals surface area contributed by atoms with E-state index < -0.39 is 39.8 Å². The van der Waals surface area contributed by atoms with Crippen molar-refractivity contribution in [3.8, 4) is 0 Å². The molecule has 0 radical (unpaired) electrons. The highest BCUT2D eigenvalue weighted by atomic mass is 32.2. The lowest BCUT2D eigenvalue weighted by molar-refractivity contribution is -0.180. The van der Waals surface area contributed by atoms with Gasteiger partial charge in [-0.1, -0.05) is 39.5 Å². The average molecular weight is 400 g/mol. The lowest BCUT2D eigenvalue weighted by atomic mass is 9.88. The van der Waals surface area contributed by atoms with Crippen molar-refractivity contribution in [1.82, 2.24) is 4.72 Å². The first-order valence-electron chi connectivity index (χ1n) is 9.23. The van der Waals surface area contributed by atoms with Crippen LogP contribution in [-0.2, 0) is 20.5 Å². The van der Waals surface area contributed by atoms with Crippen molar-refractivity contribution in [1.29, 1.82) is 0 Å². The Hall–Kier alpha value is -0.630. The van der Waals surface area contributed by atoms with Crippen LogP contribution >= 0.6 is 0 Å². The summed E-state index contributed by atoms with van der Waals surface area (Å²) in [6.07, 6.45) is -1.01. The fourth-order valence-corrected chi connectivity index (χ4v) is 3.88. The first-order chi connectivity index (χ1) is 11.8. The summed E-state index contributed by atoms with van der Waals surface area (Å²) >= 11 is 0. The van der Waals surface area contributed by atoms with Gasteiger partial charge in [-0.05, 0) is 39.0 Å². The molecule has 8 heteroatoms. The van der Waals surface area contributed by atoms with Gasteiger partial charge >= 0.3 is 12.1 Å². The van der Waals surface area contributed by atoms with Crippen molar-refractivity contribution < 1.29 is 26.9 Å². The highest BCUT2D eigenvalue weighted by molar-refractivity contribution is 7.84. The zero-order chi connectivity index (χ0) is 20.1. The molecule has 0 aliphatic heterocycles. The second-order valence-electron chi connectivity index (χ2n) is 8.53. The van der Waals surface area contributed by atoms with Crippen molar-refractivity contribution in [2.45, 2.75) is 83.7 Å². The fraction of sp³-hybridized carbons (Fsp3) is 0.944. The van der Waals surface area contributed by atoms with Gasteiger partial charge in [0, 0.05) is 0 Å². The molecule has 0 saturated heterocycles. The predicted molar refractivity (Wildman–Crippen MR) is 96.7 cm³/mol. The van der Waals surface area contributed by atoms with E-state index in [4.69, 9.17) is 4.74 Å². The maximum absolute atomic E-state index is 13.7. The first-order valence-corrected chi connectivity index (χ1v) is 10.4. The van der Waals surface area contributed by atoms with Crippen molar-refractivity contribution in [2.75, 3.05) is 6.61 Å². The highest BCUT2D eigenvalue weighted by Crippen LogP contribution is 2.36. The van der Waals surface area contributed by atoms with Crippen molar-refractivity contribution in [2.24, 2.45) is 17.8 Å². The van der Waals surface area contributed by atoms with Gasteiger partial charge < -0.3 is 4.74 Å². The van der Waals surface area contributed by atoms with Crippen molar-refractivity contribution in [3.63, 3.8) is 0 Å². The molecule has 26 heavy (non-hydrogen) atoms. The number of carbonyl (C=O) groups is 1. The number of nitrogens with one attached hydrogen (secondary N) is 1. The summed E-state index contributed by atoms with van der Waals surface area (Å²) < 4.78 is 60.0. The molecule has 0 aromatic rings. The van der Waals surface area contributed by atoms with Gasteiger partial charge in [0.2, 0.25) is 0 Å². The third kappa shape index (κ3) is 7.55. The van der Waals surface area contributed by atoms with E-state index in [0.29, 0.717) is 0 Å². The number of alkyl halides is 3. The monoisotopic (exact) mass is 399 g/mol. The number of carbonyl (C=O) groups excluding carboxylic acids is 1. The van der Waals surface area contributed by atoms with Gasteiger partial charge in [0.25, 0.3) is 0 Å². The van der Waals surface area contributed by atoms with E-state index in [1.165, 1.54) is 0 Å². The van der Waals surface area contributed by atoms with Gasteiger partial charge in [0.15, 0.2) is 0 Å². The number of ether oxygens (including phenoxy) is 1. The molecule has 4 nitrogen and oxygen atoms in total. The number of esters is 1. The molecule has 0 aromatic heterocycles. The van der Waals surface area contributed by atoms with Gasteiger partial charge in [0.1, 0.15) is 6.04 Å². The van der Waals surface area contributed by atoms with Crippen LogP contribution in [0, 0.1) is 17.8 Å². The number of halogens is 3. The van der Waals surface area contributed by atoms with Crippen LogP contribution < -0.4 is 4.72 Å². The quantitative estimate of drug-likeness (QED) is 0.617. The normalized spacial score (nSPS) is 20.2. The number of rotatable bonds is 8. The van der Waals surface area contributed by atoms with Gasteiger partial charge in [0.05, 0.1) is 28.3 Å². The molecular formula is C18H32F3NO3S. The predicted octanol–water partition coefficient (Wildman–Crippen LogP) is 4.36.